The minimum atomic E-state index is -4.75. The van der Waals surface area contributed by atoms with Crippen molar-refractivity contribution in [2.45, 2.75) is 75.5 Å². The topological polar surface area (TPSA) is 233 Å². The van der Waals surface area contributed by atoms with Crippen molar-refractivity contribution in [1.82, 2.24) is 24.5 Å². The van der Waals surface area contributed by atoms with Crippen LogP contribution in [0.2, 0.25) is 0 Å². The lowest BCUT2D eigenvalue weighted by Crippen LogP contribution is -2.63. The molecule has 4 amide bonds. The highest BCUT2D eigenvalue weighted by Gasteiger charge is 2.59. The monoisotopic (exact) mass is 618 g/mol. The number of aromatic nitrogens is 3. The van der Waals surface area contributed by atoms with E-state index in [4.69, 9.17) is 10.3 Å². The van der Waals surface area contributed by atoms with Gasteiger partial charge in [0.15, 0.2) is 6.29 Å². The van der Waals surface area contributed by atoms with Crippen LogP contribution in [-0.4, -0.2) is 113 Å². The molecule has 1 aromatic heterocycles. The summed E-state index contributed by atoms with van der Waals surface area (Å²) in [7, 11) is -4.75. The second-order valence-corrected chi connectivity index (χ2v) is 13.0. The highest BCUT2D eigenvalue weighted by atomic mass is 32.3. The molecule has 6 rings (SSSR count). The summed E-state index contributed by atoms with van der Waals surface area (Å²) in [5.74, 6) is -1.36. The molecule has 0 radical (unpaired) electrons. The fraction of sp³-hybridized carbons (Fsp3) is 0.682. The van der Waals surface area contributed by atoms with E-state index < -0.39 is 52.7 Å². The Morgan fingerprint density at radius 1 is 1.24 bits per heavy atom. The van der Waals surface area contributed by atoms with Gasteiger partial charge in [0.25, 0.3) is 0 Å². The van der Waals surface area contributed by atoms with E-state index in [9.17, 15) is 38.1 Å². The molecule has 19 heteroatoms. The summed E-state index contributed by atoms with van der Waals surface area (Å²) in [6.07, 6.45) is 1.84. The summed E-state index contributed by atoms with van der Waals surface area (Å²) in [4.78, 5) is 42.7. The van der Waals surface area contributed by atoms with Crippen LogP contribution in [0.4, 0.5) is 4.79 Å². The number of carbonyl (C=O) groups is 3. The van der Waals surface area contributed by atoms with E-state index in [1.54, 1.807) is 31.3 Å². The normalized spacial score (nSPS) is 31.2. The Morgan fingerprint density at radius 2 is 1.95 bits per heavy atom. The zero-order valence-corrected chi connectivity index (χ0v) is 23.8. The minimum absolute atomic E-state index is 0.0211. The Morgan fingerprint density at radius 3 is 2.54 bits per heavy atom. The molecule has 1 aromatic rings. The minimum Gasteiger partial charge on any atom is -0.393 e. The van der Waals surface area contributed by atoms with Gasteiger partial charge >= 0.3 is 22.8 Å². The average molecular weight is 619 g/mol. The molecule has 2 bridgehead atoms. The van der Waals surface area contributed by atoms with Crippen LogP contribution in [0.1, 0.15) is 26.7 Å². The Kier molecular flexibility index (Phi) is 7.81. The van der Waals surface area contributed by atoms with Gasteiger partial charge in [0.1, 0.15) is 12.6 Å². The number of fused-ring (bicyclic) bond motifs is 4. The van der Waals surface area contributed by atoms with Gasteiger partial charge in [-0.05, 0) is 24.7 Å². The maximum absolute atomic E-state index is 12.3. The molecule has 5 aliphatic heterocycles. The number of aliphatic hydroxyl groups excluding tert-OH is 2. The van der Waals surface area contributed by atoms with Crippen LogP contribution in [0.5, 0.6) is 0 Å². The van der Waals surface area contributed by atoms with Crippen LogP contribution in [0, 0.1) is 11.8 Å². The molecule has 0 aliphatic carbocycles. The summed E-state index contributed by atoms with van der Waals surface area (Å²) in [5.41, 5.74) is 5.42. The predicted octanol–water partition coefficient (Wildman–Crippen LogP) is -2.86. The lowest BCUT2D eigenvalue weighted by molar-refractivity contribution is -0.758. The fourth-order valence-electron chi connectivity index (χ4n) is 6.24. The molecule has 41 heavy (non-hydrogen) atoms. The van der Waals surface area contributed by atoms with Gasteiger partial charge in [-0.25, -0.2) is 4.79 Å². The number of hydroxylamine groups is 2. The highest BCUT2D eigenvalue weighted by Crippen LogP contribution is 2.52. The number of primary amides is 1. The van der Waals surface area contributed by atoms with Crippen LogP contribution in [0.25, 0.3) is 0 Å². The van der Waals surface area contributed by atoms with Crippen molar-refractivity contribution < 1.29 is 51.6 Å². The third kappa shape index (κ3) is 5.30. The van der Waals surface area contributed by atoms with Crippen LogP contribution in [-0.2, 0) is 37.4 Å². The van der Waals surface area contributed by atoms with Gasteiger partial charge in [0.2, 0.25) is 18.1 Å². The van der Waals surface area contributed by atoms with Crippen molar-refractivity contribution in [3.05, 3.63) is 23.3 Å². The lowest BCUT2D eigenvalue weighted by Gasteiger charge is -2.47. The molecule has 5 aliphatic rings. The average Bonchev–Trinajstić information content (AvgIpc) is 3.57. The summed E-state index contributed by atoms with van der Waals surface area (Å²) in [5, 5.41) is 30.3. The number of thioether (sulfide) groups is 1. The number of nitrogens with two attached hydrogens (primary N) is 1. The number of β-lactam (4-membered cyclic amide) rings is 1. The first kappa shape index (κ1) is 29.7. The maximum atomic E-state index is 12.3. The maximum Gasteiger partial charge on any atom is 0.418 e. The standard InChI is InChI=1S/C15H21N4O4S.C7H11N3O6S/c1-7-11-10(8(2)20)14(21)19(11)12(15(22)23)13(7)24-9-3-17-5-16-6-18(17)4-9;8-6(11)5-2-1-4-3-9(5)7(12)10(4)16-17(13,14)15/h5-11,15,20,22-23H,3-4H2,1-2H3;4-5H,1-3H2,(H2,8,11)(H,13,14,15)/q+1;/t7-,8?,10-,11-;/m1./s1. The van der Waals surface area contributed by atoms with Crippen molar-refractivity contribution in [2.75, 3.05) is 6.54 Å². The molecule has 0 aromatic carbocycles. The third-order valence-electron chi connectivity index (χ3n) is 8.02. The Bertz CT molecular complexity index is 1360. The van der Waals surface area contributed by atoms with Crippen LogP contribution in [0.15, 0.2) is 23.3 Å². The molecule has 17 nitrogen and oxygen atoms in total. The first-order valence-electron chi connectivity index (χ1n) is 12.9. The van der Waals surface area contributed by atoms with Crippen LogP contribution < -0.4 is 10.4 Å². The van der Waals surface area contributed by atoms with Crippen molar-refractivity contribution in [2.24, 2.45) is 17.6 Å². The molecule has 3 fully saturated rings. The Balaban J connectivity index is 0.000000175. The Hall–Kier alpha value is -2.81. The number of hydrogen-bond acceptors (Lipinski definition) is 11. The first-order chi connectivity index (χ1) is 19.2. The summed E-state index contributed by atoms with van der Waals surface area (Å²) >= 11 is 1.60. The van der Waals surface area contributed by atoms with E-state index in [-0.39, 0.29) is 29.7 Å². The highest BCUT2D eigenvalue weighted by molar-refractivity contribution is 8.03. The molecule has 226 valence electrons. The second-order valence-electron chi connectivity index (χ2n) is 10.7. The van der Waals surface area contributed by atoms with Crippen LogP contribution in [0.3, 0.4) is 0 Å². The number of piperidine rings is 1. The number of rotatable bonds is 7. The number of carbonyl (C=O) groups excluding carboxylic acids is 3. The molecule has 0 saturated carbocycles. The zero-order valence-electron chi connectivity index (χ0n) is 22.1. The molecule has 0 spiro atoms. The van der Waals surface area contributed by atoms with E-state index in [2.05, 4.69) is 9.27 Å². The van der Waals surface area contributed by atoms with E-state index in [0.717, 1.165) is 22.9 Å². The van der Waals surface area contributed by atoms with E-state index in [0.29, 0.717) is 23.6 Å². The van der Waals surface area contributed by atoms with Crippen molar-refractivity contribution >= 4 is 40.0 Å². The molecule has 3 saturated heterocycles. The molecule has 6 heterocycles. The quantitative estimate of drug-likeness (QED) is 0.0899. The van der Waals surface area contributed by atoms with Gasteiger partial charge < -0.3 is 30.9 Å². The molecular weight excluding hydrogens is 586 g/mol. The first-order valence-corrected chi connectivity index (χ1v) is 15.2. The fourth-order valence-corrected chi connectivity index (χ4v) is 8.12. The Labute approximate surface area is 239 Å². The zero-order chi connectivity index (χ0) is 30.0. The van der Waals surface area contributed by atoms with E-state index in [1.165, 1.54) is 4.90 Å². The largest absolute Gasteiger partial charge is 0.418 e. The predicted molar refractivity (Wildman–Crippen MR) is 137 cm³/mol. The van der Waals surface area contributed by atoms with Gasteiger partial charge in [0, 0.05) is 17.4 Å². The van der Waals surface area contributed by atoms with Crippen molar-refractivity contribution in [3.8, 4) is 0 Å². The summed E-state index contributed by atoms with van der Waals surface area (Å²) in [6.45, 7) is 5.33. The number of aliphatic hydroxyl groups is 3. The molecular formula is C22H32N7O10S2+. The van der Waals surface area contributed by atoms with Gasteiger partial charge in [-0.15, -0.1) is 16.0 Å². The number of hydrogen-bond donors (Lipinski definition) is 5. The summed E-state index contributed by atoms with van der Waals surface area (Å²) < 4.78 is 37.9. The second kappa shape index (κ2) is 10.8. The van der Waals surface area contributed by atoms with Gasteiger partial charge in [-0.1, -0.05) is 6.92 Å². The van der Waals surface area contributed by atoms with E-state index in [1.807, 2.05) is 16.3 Å². The van der Waals surface area contributed by atoms with E-state index >= 15 is 0 Å². The van der Waals surface area contributed by atoms with Gasteiger partial charge in [-0.2, -0.15) is 22.8 Å². The van der Waals surface area contributed by atoms with Crippen LogP contribution >= 0.6 is 11.8 Å². The molecule has 3 unspecified atom stereocenters. The molecule has 6 atom stereocenters. The SMILES string of the molecule is CC(O)[C@H]1C(=O)N2C(C(O)O)=C(SC3Cn4cnc[n+]4C3)[C@H](C)[C@H]12.NC(=O)C1CCC2CN1C(=O)N2OS(=O)(=O)O. The van der Waals surface area contributed by atoms with Crippen molar-refractivity contribution in [1.29, 1.82) is 0 Å². The summed E-state index contributed by atoms with van der Waals surface area (Å²) in [6, 6.07) is -2.23. The number of urea groups is 1. The number of nitrogens with zero attached hydrogens (tertiary/aromatic N) is 6. The molecule has 6 N–H and O–H groups in total. The van der Waals surface area contributed by atoms with Crippen molar-refractivity contribution in [3.63, 3.8) is 0 Å². The van der Waals surface area contributed by atoms with Gasteiger partial charge in [-0.3, -0.25) is 14.1 Å². The van der Waals surface area contributed by atoms with Gasteiger partial charge in [0.05, 0.1) is 41.6 Å². The third-order valence-corrected chi connectivity index (χ3v) is 9.84. The number of amides is 4. The lowest BCUT2D eigenvalue weighted by atomic mass is 9.79. The smallest absolute Gasteiger partial charge is 0.393 e.